The van der Waals surface area contributed by atoms with Gasteiger partial charge in [-0.3, -0.25) is 0 Å². The molecule has 0 nitrogen and oxygen atoms in total. The van der Waals surface area contributed by atoms with Crippen LogP contribution in [0.25, 0.3) is 22.3 Å². The van der Waals surface area contributed by atoms with E-state index < -0.39 is 28.8 Å². The molecular formula is C18H10F4. The van der Waals surface area contributed by atoms with E-state index >= 15 is 0 Å². The van der Waals surface area contributed by atoms with Gasteiger partial charge >= 0.3 is 0 Å². The first-order valence-corrected chi connectivity index (χ1v) is 6.57. The molecule has 0 aliphatic heterocycles. The van der Waals surface area contributed by atoms with Gasteiger partial charge in [-0.1, -0.05) is 54.6 Å². The predicted octanol–water partition coefficient (Wildman–Crippen LogP) is 5.58. The lowest BCUT2D eigenvalue weighted by Gasteiger charge is -2.08. The Hall–Kier alpha value is -2.62. The highest BCUT2D eigenvalue weighted by molar-refractivity contribution is 5.71. The molecule has 3 aromatic rings. The monoisotopic (exact) mass is 302 g/mol. The molecule has 0 aromatic heterocycles. The van der Waals surface area contributed by atoms with E-state index in [1.807, 2.05) is 30.3 Å². The van der Waals surface area contributed by atoms with Gasteiger partial charge in [0.2, 0.25) is 0 Å². The molecule has 0 aliphatic carbocycles. The molecule has 110 valence electrons. The zero-order valence-corrected chi connectivity index (χ0v) is 11.3. The van der Waals surface area contributed by atoms with Crippen LogP contribution in [-0.4, -0.2) is 0 Å². The Labute approximate surface area is 124 Å². The maximum Gasteiger partial charge on any atom is 0.195 e. The van der Waals surface area contributed by atoms with Gasteiger partial charge < -0.3 is 0 Å². The summed E-state index contributed by atoms with van der Waals surface area (Å²) in [5, 5.41) is 0. The second kappa shape index (κ2) is 5.64. The quantitative estimate of drug-likeness (QED) is 0.329. The first-order valence-electron chi connectivity index (χ1n) is 6.57. The minimum atomic E-state index is -1.68. The summed E-state index contributed by atoms with van der Waals surface area (Å²) in [4.78, 5) is 0. The minimum Gasteiger partial charge on any atom is -0.206 e. The average molecular weight is 302 g/mol. The lowest BCUT2D eigenvalue weighted by molar-refractivity contribution is 0.437. The summed E-state index contributed by atoms with van der Waals surface area (Å²) >= 11 is 0. The highest BCUT2D eigenvalue weighted by atomic mass is 19.2. The highest BCUT2D eigenvalue weighted by Crippen LogP contribution is 2.30. The smallest absolute Gasteiger partial charge is 0.195 e. The molecular weight excluding hydrogens is 292 g/mol. The maximum atomic E-state index is 13.8. The molecule has 0 bridgehead atoms. The van der Waals surface area contributed by atoms with Crippen molar-refractivity contribution in [3.8, 4) is 22.3 Å². The number of hydrogen-bond donors (Lipinski definition) is 0. The topological polar surface area (TPSA) is 0 Å². The molecule has 0 spiro atoms. The van der Waals surface area contributed by atoms with Crippen molar-refractivity contribution in [1.82, 2.24) is 0 Å². The zero-order valence-electron chi connectivity index (χ0n) is 11.3. The Bertz CT molecular complexity index is 809. The molecule has 0 saturated heterocycles. The van der Waals surface area contributed by atoms with E-state index in [1.54, 1.807) is 12.1 Å². The lowest BCUT2D eigenvalue weighted by Crippen LogP contribution is -1.98. The molecule has 4 heteroatoms. The van der Waals surface area contributed by atoms with E-state index in [2.05, 4.69) is 0 Å². The molecule has 22 heavy (non-hydrogen) atoms. The van der Waals surface area contributed by atoms with E-state index in [4.69, 9.17) is 0 Å². The van der Waals surface area contributed by atoms with Crippen LogP contribution < -0.4 is 0 Å². The van der Waals surface area contributed by atoms with Crippen LogP contribution in [0.1, 0.15) is 0 Å². The summed E-state index contributed by atoms with van der Waals surface area (Å²) in [5.74, 6) is -5.88. The van der Waals surface area contributed by atoms with E-state index in [1.165, 1.54) is 12.1 Å². The summed E-state index contributed by atoms with van der Waals surface area (Å²) in [6, 6.07) is 16.1. The van der Waals surface area contributed by atoms with Crippen LogP contribution in [-0.2, 0) is 0 Å². The Morgan fingerprint density at radius 3 is 1.68 bits per heavy atom. The molecule has 0 saturated carbocycles. The number of benzene rings is 3. The van der Waals surface area contributed by atoms with Crippen LogP contribution in [0.5, 0.6) is 0 Å². The SMILES string of the molecule is Fc1cc(F)c(-c2ccc(-c3ccccc3)cc2)c(F)c1F. The molecule has 0 fully saturated rings. The van der Waals surface area contributed by atoms with Gasteiger partial charge in [-0.25, -0.2) is 17.6 Å². The van der Waals surface area contributed by atoms with Crippen molar-refractivity contribution in [2.75, 3.05) is 0 Å². The lowest BCUT2D eigenvalue weighted by atomic mass is 9.99. The van der Waals surface area contributed by atoms with E-state index in [9.17, 15) is 17.6 Å². The highest BCUT2D eigenvalue weighted by Gasteiger charge is 2.20. The van der Waals surface area contributed by atoms with Gasteiger partial charge in [0, 0.05) is 6.07 Å². The van der Waals surface area contributed by atoms with Gasteiger partial charge in [0.05, 0.1) is 5.56 Å². The van der Waals surface area contributed by atoms with Gasteiger partial charge in [-0.05, 0) is 16.7 Å². The molecule has 0 radical (unpaired) electrons. The van der Waals surface area contributed by atoms with Gasteiger partial charge in [0.25, 0.3) is 0 Å². The van der Waals surface area contributed by atoms with Crippen molar-refractivity contribution in [2.45, 2.75) is 0 Å². The fraction of sp³-hybridized carbons (Fsp3) is 0. The fourth-order valence-electron chi connectivity index (χ4n) is 2.29. The normalized spacial score (nSPS) is 10.7. The second-order valence-electron chi connectivity index (χ2n) is 4.79. The van der Waals surface area contributed by atoms with E-state index in [0.29, 0.717) is 6.07 Å². The van der Waals surface area contributed by atoms with Crippen molar-refractivity contribution in [2.24, 2.45) is 0 Å². The summed E-state index contributed by atoms with van der Waals surface area (Å²) < 4.78 is 53.8. The van der Waals surface area contributed by atoms with Crippen molar-refractivity contribution in [3.63, 3.8) is 0 Å². The van der Waals surface area contributed by atoms with Crippen molar-refractivity contribution in [3.05, 3.63) is 83.9 Å². The Morgan fingerprint density at radius 1 is 0.500 bits per heavy atom. The molecule has 0 N–H and O–H groups in total. The molecule has 0 amide bonds. The zero-order chi connectivity index (χ0) is 15.7. The Kier molecular flexibility index (Phi) is 3.67. The van der Waals surface area contributed by atoms with Crippen LogP contribution in [0, 0.1) is 23.3 Å². The van der Waals surface area contributed by atoms with Crippen LogP contribution in [0.2, 0.25) is 0 Å². The fourth-order valence-corrected chi connectivity index (χ4v) is 2.29. The van der Waals surface area contributed by atoms with E-state index in [-0.39, 0.29) is 5.56 Å². The predicted molar refractivity (Wildman–Crippen MR) is 77.1 cm³/mol. The number of hydrogen-bond acceptors (Lipinski definition) is 0. The maximum absolute atomic E-state index is 13.8. The minimum absolute atomic E-state index is 0.147. The Balaban J connectivity index is 2.06. The summed E-state index contributed by atoms with van der Waals surface area (Å²) in [6.07, 6.45) is 0. The number of rotatable bonds is 2. The third kappa shape index (κ3) is 2.48. The summed E-state index contributed by atoms with van der Waals surface area (Å²) in [6.45, 7) is 0. The first kappa shape index (κ1) is 14.3. The largest absolute Gasteiger partial charge is 0.206 e. The van der Waals surface area contributed by atoms with Crippen molar-refractivity contribution >= 4 is 0 Å². The van der Waals surface area contributed by atoms with Crippen molar-refractivity contribution in [1.29, 1.82) is 0 Å². The second-order valence-corrected chi connectivity index (χ2v) is 4.79. The van der Waals surface area contributed by atoms with Crippen LogP contribution in [0.15, 0.2) is 60.7 Å². The first-order chi connectivity index (χ1) is 10.6. The number of halogens is 4. The summed E-state index contributed by atoms with van der Waals surface area (Å²) in [5.41, 5.74) is 1.38. The van der Waals surface area contributed by atoms with Gasteiger partial charge in [0.15, 0.2) is 17.5 Å². The summed E-state index contributed by atoms with van der Waals surface area (Å²) in [7, 11) is 0. The van der Waals surface area contributed by atoms with Crippen LogP contribution >= 0.6 is 0 Å². The van der Waals surface area contributed by atoms with E-state index in [0.717, 1.165) is 11.1 Å². The molecule has 0 atom stereocenters. The van der Waals surface area contributed by atoms with Gasteiger partial charge in [0.1, 0.15) is 5.82 Å². The molecule has 0 heterocycles. The Morgan fingerprint density at radius 2 is 1.05 bits per heavy atom. The van der Waals surface area contributed by atoms with Crippen LogP contribution in [0.3, 0.4) is 0 Å². The standard InChI is InChI=1S/C18H10F4/c19-14-10-15(20)17(21)18(22)16(14)13-8-6-12(7-9-13)11-4-2-1-3-5-11/h1-10H. The molecule has 0 unspecified atom stereocenters. The molecule has 0 aliphatic rings. The third-order valence-corrected chi connectivity index (χ3v) is 3.39. The van der Waals surface area contributed by atoms with Gasteiger partial charge in [-0.2, -0.15) is 0 Å². The third-order valence-electron chi connectivity index (χ3n) is 3.39. The average Bonchev–Trinajstić information content (AvgIpc) is 2.54. The van der Waals surface area contributed by atoms with Crippen molar-refractivity contribution < 1.29 is 17.6 Å². The molecule has 3 rings (SSSR count). The molecule has 3 aromatic carbocycles. The van der Waals surface area contributed by atoms with Gasteiger partial charge in [-0.15, -0.1) is 0 Å². The van der Waals surface area contributed by atoms with Crippen LogP contribution in [0.4, 0.5) is 17.6 Å².